The van der Waals surface area contributed by atoms with Gasteiger partial charge in [0.25, 0.3) is 0 Å². The number of halogens is 1. The lowest BCUT2D eigenvalue weighted by molar-refractivity contribution is 0.475. The molecule has 0 radical (unpaired) electrons. The van der Waals surface area contributed by atoms with E-state index in [0.29, 0.717) is 5.02 Å². The number of phenols is 1. The van der Waals surface area contributed by atoms with Crippen molar-refractivity contribution < 1.29 is 5.11 Å². The van der Waals surface area contributed by atoms with Gasteiger partial charge < -0.3 is 5.11 Å². The minimum Gasteiger partial charge on any atom is -0.508 e. The largest absolute Gasteiger partial charge is 0.508 e. The maximum Gasteiger partial charge on any atom is 0.115 e. The van der Waals surface area contributed by atoms with Crippen molar-refractivity contribution in [2.75, 3.05) is 0 Å². The maximum atomic E-state index is 9.54. The number of nitrogens with zero attached hydrogens (tertiary/aromatic N) is 4. The molecule has 5 nitrogen and oxygen atoms in total. The van der Waals surface area contributed by atoms with Gasteiger partial charge >= 0.3 is 0 Å². The van der Waals surface area contributed by atoms with Crippen LogP contribution in [0.4, 0.5) is 0 Å². The van der Waals surface area contributed by atoms with Crippen LogP contribution in [0.2, 0.25) is 5.02 Å². The Balaban J connectivity index is 0.000000164. The third-order valence-electron chi connectivity index (χ3n) is 7.75. The molecule has 0 spiro atoms. The minimum absolute atomic E-state index is 0. The van der Waals surface area contributed by atoms with Gasteiger partial charge in [-0.15, -0.1) is 0 Å². The van der Waals surface area contributed by atoms with Crippen LogP contribution in [0.25, 0.3) is 67.1 Å². The fraction of sp³-hybridized carbons (Fsp3) is 0.0476. The number of aromatic hydroxyl groups is 1. The van der Waals surface area contributed by atoms with Gasteiger partial charge in [0.1, 0.15) is 5.75 Å². The van der Waals surface area contributed by atoms with Crippen molar-refractivity contribution >= 4 is 33.7 Å². The first-order valence-corrected chi connectivity index (χ1v) is 15.6. The van der Waals surface area contributed by atoms with Gasteiger partial charge in [0.05, 0.1) is 44.8 Å². The predicted octanol–water partition coefficient (Wildman–Crippen LogP) is 11.2. The zero-order valence-corrected chi connectivity index (χ0v) is 26.3. The van der Waals surface area contributed by atoms with Gasteiger partial charge in [-0.2, -0.15) is 0 Å². The Morgan fingerprint density at radius 3 is 1.25 bits per heavy atom. The number of benzene rings is 6. The number of hydrogen-bond donors (Lipinski definition) is 1. The van der Waals surface area contributed by atoms with Crippen LogP contribution in [0, 0.1) is 6.92 Å². The topological polar surface area (TPSA) is 71.8 Å². The smallest absolute Gasteiger partial charge is 0.115 e. The van der Waals surface area contributed by atoms with Crippen molar-refractivity contribution in [3.63, 3.8) is 0 Å². The quantitative estimate of drug-likeness (QED) is 0.206. The van der Waals surface area contributed by atoms with Gasteiger partial charge in [0.2, 0.25) is 0 Å². The SMILES string of the molecule is C.Cc1ccc(-c2nc3ccccc3nc2-c2ccccc2)cc1.Oc1ccc(-c2nc3ccccc3nc2-c2cccc(Cl)c2)cc1. The first kappa shape index (κ1) is 32.0. The third-order valence-corrected chi connectivity index (χ3v) is 7.99. The molecule has 0 unspecified atom stereocenters. The van der Waals surface area contributed by atoms with Crippen molar-refractivity contribution in [3.8, 4) is 50.8 Å². The Hall–Kier alpha value is -5.91. The maximum absolute atomic E-state index is 9.54. The molecule has 2 aromatic heterocycles. The first-order chi connectivity index (χ1) is 23.0. The fourth-order valence-corrected chi connectivity index (χ4v) is 5.56. The summed E-state index contributed by atoms with van der Waals surface area (Å²) in [6.45, 7) is 2.09. The molecule has 2 heterocycles. The Morgan fingerprint density at radius 2 is 0.792 bits per heavy atom. The number of phenolic OH excluding ortho intramolecular Hbond substituents is 1. The number of aromatic nitrogens is 4. The van der Waals surface area contributed by atoms with E-state index in [1.165, 1.54) is 5.56 Å². The molecule has 0 bridgehead atoms. The van der Waals surface area contributed by atoms with E-state index in [1.54, 1.807) is 12.1 Å². The number of hydrogen-bond acceptors (Lipinski definition) is 5. The van der Waals surface area contributed by atoms with E-state index in [9.17, 15) is 5.11 Å². The second-order valence-electron chi connectivity index (χ2n) is 11.1. The summed E-state index contributed by atoms with van der Waals surface area (Å²) in [6.07, 6.45) is 0. The second-order valence-corrected chi connectivity index (χ2v) is 11.5. The van der Waals surface area contributed by atoms with E-state index in [4.69, 9.17) is 31.5 Å². The molecular formula is C42H33ClN4O. The molecule has 0 aliphatic heterocycles. The lowest BCUT2D eigenvalue weighted by Crippen LogP contribution is -1.95. The third kappa shape index (κ3) is 6.92. The van der Waals surface area contributed by atoms with E-state index < -0.39 is 0 Å². The Bertz CT molecular complexity index is 2320. The van der Waals surface area contributed by atoms with E-state index in [0.717, 1.165) is 67.1 Å². The number of rotatable bonds is 4. The summed E-state index contributed by atoms with van der Waals surface area (Å²) in [4.78, 5) is 19.4. The second kappa shape index (κ2) is 14.2. The highest BCUT2D eigenvalue weighted by Gasteiger charge is 2.14. The first-order valence-electron chi connectivity index (χ1n) is 15.2. The van der Waals surface area contributed by atoms with Crippen molar-refractivity contribution in [2.24, 2.45) is 0 Å². The highest BCUT2D eigenvalue weighted by atomic mass is 35.5. The summed E-state index contributed by atoms with van der Waals surface area (Å²) in [5.74, 6) is 0.219. The van der Waals surface area contributed by atoms with Crippen LogP contribution in [0.15, 0.2) is 152 Å². The molecule has 0 atom stereocenters. The molecule has 0 aliphatic carbocycles. The van der Waals surface area contributed by atoms with Gasteiger partial charge in [-0.05, 0) is 67.6 Å². The highest BCUT2D eigenvalue weighted by Crippen LogP contribution is 2.33. The molecule has 0 saturated carbocycles. The molecule has 0 amide bonds. The normalized spacial score (nSPS) is 10.6. The molecular weight excluding hydrogens is 612 g/mol. The monoisotopic (exact) mass is 644 g/mol. The van der Waals surface area contributed by atoms with E-state index in [1.807, 2.05) is 103 Å². The molecule has 8 rings (SSSR count). The van der Waals surface area contributed by atoms with Gasteiger partial charge in [-0.25, -0.2) is 19.9 Å². The van der Waals surface area contributed by atoms with Gasteiger partial charge in [-0.3, -0.25) is 0 Å². The van der Waals surface area contributed by atoms with Gasteiger partial charge in [0.15, 0.2) is 0 Å². The lowest BCUT2D eigenvalue weighted by atomic mass is 10.0. The van der Waals surface area contributed by atoms with E-state index in [2.05, 4.69) is 43.3 Å². The van der Waals surface area contributed by atoms with Crippen molar-refractivity contribution in [2.45, 2.75) is 14.4 Å². The van der Waals surface area contributed by atoms with Crippen molar-refractivity contribution in [3.05, 3.63) is 162 Å². The van der Waals surface area contributed by atoms with Crippen LogP contribution in [0.5, 0.6) is 5.75 Å². The molecule has 6 heteroatoms. The zero-order chi connectivity index (χ0) is 32.2. The zero-order valence-electron chi connectivity index (χ0n) is 25.5. The molecule has 1 N–H and O–H groups in total. The van der Waals surface area contributed by atoms with Crippen molar-refractivity contribution in [1.29, 1.82) is 0 Å². The van der Waals surface area contributed by atoms with Crippen LogP contribution in [0.1, 0.15) is 13.0 Å². The van der Waals surface area contributed by atoms with Crippen molar-refractivity contribution in [1.82, 2.24) is 19.9 Å². The molecule has 8 aromatic rings. The summed E-state index contributed by atoms with van der Waals surface area (Å²) in [7, 11) is 0. The van der Waals surface area contributed by atoms with Crippen LogP contribution < -0.4 is 0 Å². The molecule has 0 fully saturated rings. The molecule has 6 aromatic carbocycles. The fourth-order valence-electron chi connectivity index (χ4n) is 5.37. The molecule has 0 aliphatic rings. The van der Waals surface area contributed by atoms with Crippen LogP contribution in [0.3, 0.4) is 0 Å². The average Bonchev–Trinajstić information content (AvgIpc) is 3.12. The van der Waals surface area contributed by atoms with Gasteiger partial charge in [0, 0.05) is 27.3 Å². The Kier molecular flexibility index (Phi) is 9.51. The predicted molar refractivity (Wildman–Crippen MR) is 199 cm³/mol. The number of para-hydroxylation sites is 4. The summed E-state index contributed by atoms with van der Waals surface area (Å²) in [5, 5.41) is 10.2. The summed E-state index contributed by atoms with van der Waals surface area (Å²) < 4.78 is 0. The van der Waals surface area contributed by atoms with E-state index >= 15 is 0 Å². The van der Waals surface area contributed by atoms with Gasteiger partial charge in [-0.1, -0.05) is 116 Å². The molecule has 234 valence electrons. The van der Waals surface area contributed by atoms with E-state index in [-0.39, 0.29) is 13.2 Å². The lowest BCUT2D eigenvalue weighted by Gasteiger charge is -2.11. The Morgan fingerprint density at radius 1 is 0.417 bits per heavy atom. The molecule has 0 saturated heterocycles. The summed E-state index contributed by atoms with van der Waals surface area (Å²) >= 11 is 6.15. The Labute approximate surface area is 285 Å². The van der Waals surface area contributed by atoms with Crippen LogP contribution in [-0.4, -0.2) is 25.0 Å². The standard InChI is InChI=1S/C21H16N2.C20H13ClN2O.CH4/c1-15-11-13-17(14-12-15)21-20(16-7-3-2-4-8-16)22-18-9-5-6-10-19(18)23-21;21-15-5-3-4-14(12-15)20-19(13-8-10-16(24)11-9-13)22-17-6-1-2-7-18(17)23-20;/h2-14H,1H3;1-12,24H;1H4. The summed E-state index contributed by atoms with van der Waals surface area (Å²) in [6, 6.07) is 49.0. The molecule has 48 heavy (non-hydrogen) atoms. The summed E-state index contributed by atoms with van der Waals surface area (Å²) in [5.41, 5.74) is 12.1. The van der Waals surface area contributed by atoms with Crippen LogP contribution in [-0.2, 0) is 0 Å². The number of fused-ring (bicyclic) bond motifs is 2. The minimum atomic E-state index is 0. The highest BCUT2D eigenvalue weighted by molar-refractivity contribution is 6.30. The van der Waals surface area contributed by atoms with Crippen LogP contribution >= 0.6 is 11.6 Å². The average molecular weight is 645 g/mol. The number of aryl methyl sites for hydroxylation is 1.